The zero-order valence-electron chi connectivity index (χ0n) is 62.1. The van der Waals surface area contributed by atoms with Crippen LogP contribution in [0.4, 0.5) is 0 Å². The Balaban J connectivity index is 3.05. The second-order valence-corrected chi connectivity index (χ2v) is 29.1. The molecular formula is C70H123N13O12. The van der Waals surface area contributed by atoms with Gasteiger partial charge in [0.2, 0.25) is 65.0 Å². The molecule has 0 aromatic carbocycles. The standard InChI is InChI=1S/C70H123N13O12/c1-25-27-28-46(14)59(84)58-63(88)74-51(26-2)66(91)76(18)49(17)65(90)81(23)57(45(13)31-34-83-35-32-50(39-71)33-36-83)62(87)75-55(43(9)10)69(94)77(19)52(30-29-40(3)4)61(86)72-47(15)60(85)73-48(16)64(89)78(20)53(37-41(5)6)67(92)79(21)54(38-42(7)8)68(93)80(22)56(44(11)12)70(95)82(58)24/h25,27,40-59,84H,26,28-38H2,1-24H3,(H,72,86)(H,73,85)(H,74,88)(H,75,87)/b27-25+/t45-,46-,47+,48-,49-,51+,52+,53+,54+,55+,56+,57+,58+,59-/m1/s1. The molecule has 0 spiro atoms. The molecule has 95 heavy (non-hydrogen) atoms. The molecule has 2 fully saturated rings. The van der Waals surface area contributed by atoms with Gasteiger partial charge in [-0.25, -0.2) is 0 Å². The van der Waals surface area contributed by atoms with Crippen LogP contribution in [0.5, 0.6) is 0 Å². The fourth-order valence-corrected chi connectivity index (χ4v) is 12.7. The van der Waals surface area contributed by atoms with Gasteiger partial charge < -0.3 is 65.6 Å². The molecule has 2 saturated heterocycles. The van der Waals surface area contributed by atoms with Crippen molar-refractivity contribution in [3.8, 4) is 6.07 Å². The first-order valence-corrected chi connectivity index (χ1v) is 34.6. The number of aliphatic hydroxyl groups is 1. The number of amides is 11. The summed E-state index contributed by atoms with van der Waals surface area (Å²) < 4.78 is 0. The van der Waals surface area contributed by atoms with Crippen LogP contribution < -0.4 is 21.3 Å². The predicted octanol–water partition coefficient (Wildman–Crippen LogP) is 4.26. The number of hydrogen-bond acceptors (Lipinski definition) is 14. The van der Waals surface area contributed by atoms with E-state index in [1.165, 1.54) is 99.5 Å². The first-order chi connectivity index (χ1) is 44.1. The van der Waals surface area contributed by atoms with E-state index in [0.29, 0.717) is 51.7 Å². The Hall–Kier alpha value is -6.68. The van der Waals surface area contributed by atoms with Crippen molar-refractivity contribution < 1.29 is 57.8 Å². The Kier molecular flexibility index (Phi) is 34.6. The van der Waals surface area contributed by atoms with Gasteiger partial charge in [-0.2, -0.15) is 5.26 Å². The maximum Gasteiger partial charge on any atom is 0.246 e. The summed E-state index contributed by atoms with van der Waals surface area (Å²) in [5.41, 5.74) is 0. The Bertz CT molecular complexity index is 2670. The Morgan fingerprint density at radius 1 is 0.516 bits per heavy atom. The second kappa shape index (κ2) is 38.9. The molecule has 0 saturated carbocycles. The molecular weight excluding hydrogens is 1210 g/mol. The molecule has 5 N–H and O–H groups in total. The number of carbonyl (C=O) groups is 11. The molecule has 11 amide bonds. The van der Waals surface area contributed by atoms with E-state index >= 15 is 28.8 Å². The average molecular weight is 1340 g/mol. The van der Waals surface area contributed by atoms with Crippen molar-refractivity contribution >= 4 is 65.0 Å². The van der Waals surface area contributed by atoms with Gasteiger partial charge in [0.15, 0.2) is 0 Å². The maximum absolute atomic E-state index is 15.3. The van der Waals surface area contributed by atoms with Gasteiger partial charge in [-0.3, -0.25) is 52.7 Å². The van der Waals surface area contributed by atoms with E-state index in [9.17, 15) is 34.3 Å². The lowest BCUT2D eigenvalue weighted by Crippen LogP contribution is -2.64. The zero-order valence-corrected chi connectivity index (χ0v) is 62.1. The summed E-state index contributed by atoms with van der Waals surface area (Å²) >= 11 is 0. The zero-order chi connectivity index (χ0) is 73.0. The number of carbonyl (C=O) groups excluding carboxylic acids is 11. The highest BCUT2D eigenvalue weighted by Crippen LogP contribution is 2.27. The van der Waals surface area contributed by atoms with Crippen molar-refractivity contribution in [1.82, 2.24) is 60.5 Å². The summed E-state index contributed by atoms with van der Waals surface area (Å²) in [6.45, 7) is 31.6. The van der Waals surface area contributed by atoms with E-state index in [-0.39, 0.29) is 49.4 Å². The third kappa shape index (κ3) is 23.3. The number of nitriles is 1. The lowest BCUT2D eigenvalue weighted by atomic mass is 9.91. The molecule has 2 aliphatic rings. The molecule has 0 bridgehead atoms. The van der Waals surface area contributed by atoms with Crippen LogP contribution in [0.25, 0.3) is 0 Å². The highest BCUT2D eigenvalue weighted by Gasteiger charge is 2.46. The smallest absolute Gasteiger partial charge is 0.246 e. The number of rotatable bonds is 18. The van der Waals surface area contributed by atoms with E-state index in [1.807, 2.05) is 54.5 Å². The van der Waals surface area contributed by atoms with Crippen LogP contribution in [-0.2, 0) is 52.7 Å². The van der Waals surface area contributed by atoms with Gasteiger partial charge in [0.25, 0.3) is 0 Å². The molecule has 0 radical (unpaired) electrons. The lowest BCUT2D eigenvalue weighted by molar-refractivity contribution is -0.157. The Labute approximate surface area is 568 Å². The number of aliphatic hydroxyl groups excluding tert-OH is 1. The van der Waals surface area contributed by atoms with Crippen molar-refractivity contribution in [2.45, 2.75) is 248 Å². The third-order valence-electron chi connectivity index (χ3n) is 19.3. The van der Waals surface area contributed by atoms with E-state index in [2.05, 4.69) is 32.2 Å². The molecule has 2 heterocycles. The third-order valence-corrected chi connectivity index (χ3v) is 19.3. The Morgan fingerprint density at radius 2 is 1.00 bits per heavy atom. The second-order valence-electron chi connectivity index (χ2n) is 29.1. The molecule has 0 aromatic rings. The van der Waals surface area contributed by atoms with E-state index in [0.717, 1.165) is 4.90 Å². The van der Waals surface area contributed by atoms with Crippen molar-refractivity contribution in [3.63, 3.8) is 0 Å². The average Bonchev–Trinajstić information content (AvgIpc) is 0.822. The quantitative estimate of drug-likeness (QED) is 0.120. The van der Waals surface area contributed by atoms with Crippen molar-refractivity contribution in [2.75, 3.05) is 69.0 Å². The number of allylic oxidation sites excluding steroid dienone is 2. The highest BCUT2D eigenvalue weighted by molar-refractivity contribution is 6.00. The number of nitrogens with one attached hydrogen (secondary N) is 4. The molecule has 14 atom stereocenters. The minimum absolute atomic E-state index is 0.00260. The van der Waals surface area contributed by atoms with Gasteiger partial charge in [-0.15, -0.1) is 0 Å². The van der Waals surface area contributed by atoms with Gasteiger partial charge in [0.05, 0.1) is 12.2 Å². The fraction of sp³-hybridized carbons (Fsp3) is 0.800. The van der Waals surface area contributed by atoms with Crippen LogP contribution in [0.1, 0.15) is 175 Å². The molecule has 25 nitrogen and oxygen atoms in total. The van der Waals surface area contributed by atoms with Crippen molar-refractivity contribution in [2.24, 2.45) is 47.3 Å². The van der Waals surface area contributed by atoms with Gasteiger partial charge in [-0.05, 0) is 147 Å². The summed E-state index contributed by atoms with van der Waals surface area (Å²) in [6, 6.07) is -11.6. The van der Waals surface area contributed by atoms with E-state index < -0.39 is 161 Å². The Morgan fingerprint density at radius 3 is 1.48 bits per heavy atom. The van der Waals surface area contributed by atoms with Crippen molar-refractivity contribution in [3.05, 3.63) is 12.2 Å². The van der Waals surface area contributed by atoms with Crippen LogP contribution in [0.15, 0.2) is 12.2 Å². The summed E-state index contributed by atoms with van der Waals surface area (Å²) in [7, 11) is 10.0. The van der Waals surface area contributed by atoms with Crippen LogP contribution in [0.2, 0.25) is 0 Å². The minimum atomic E-state index is -1.64. The molecule has 2 rings (SSSR count). The summed E-state index contributed by atoms with van der Waals surface area (Å²) in [5, 5.41) is 33.0. The van der Waals surface area contributed by atoms with E-state index in [4.69, 9.17) is 0 Å². The van der Waals surface area contributed by atoms with Gasteiger partial charge in [0.1, 0.15) is 66.5 Å². The first-order valence-electron chi connectivity index (χ1n) is 34.6. The SMILES string of the molecule is C/C=C/C[C@@H](C)[C@@H](O)[C@H]1C(=O)N[C@@H](CC)C(=O)N(C)[C@H](C)C(=O)N(C)[C@@H]([C@H](C)CCN2CCC(C#N)CC2)C(=O)N[C@@H](C(C)C)C(=O)N(C)[C@@H](CCC(C)C)C(=O)N[C@@H](C)C(=O)N[C@H](C)C(=O)N(C)[C@@H](CC(C)C)C(=O)N(C)[C@@H](CC(C)C)C(=O)N(C)[C@@H](C(C)C)C(=O)N1C. The molecule has 0 unspecified atom stereocenters. The minimum Gasteiger partial charge on any atom is -0.390 e. The summed E-state index contributed by atoms with van der Waals surface area (Å²) in [5.74, 6) is -10.2. The number of likely N-dealkylation sites (tertiary alicyclic amines) is 1. The van der Waals surface area contributed by atoms with Gasteiger partial charge >= 0.3 is 0 Å². The van der Waals surface area contributed by atoms with Gasteiger partial charge in [0, 0.05) is 55.3 Å². The number of likely N-dealkylation sites (N-methyl/N-ethyl adjacent to an activating group) is 7. The normalized spacial score (nSPS) is 27.7. The molecule has 25 heteroatoms. The first kappa shape index (κ1) is 84.4. The number of nitrogens with zero attached hydrogens (tertiary/aromatic N) is 9. The van der Waals surface area contributed by atoms with Crippen molar-refractivity contribution in [1.29, 1.82) is 5.26 Å². The van der Waals surface area contributed by atoms with Crippen LogP contribution in [-0.4, -0.2) is 251 Å². The number of piperidine rings is 1. The van der Waals surface area contributed by atoms with Gasteiger partial charge in [-0.1, -0.05) is 102 Å². The maximum atomic E-state index is 15.3. The highest BCUT2D eigenvalue weighted by atomic mass is 16.3. The van der Waals surface area contributed by atoms with Crippen LogP contribution in [0.3, 0.4) is 0 Å². The summed E-state index contributed by atoms with van der Waals surface area (Å²) in [4.78, 5) is 175. The topological polar surface area (TPSA) is 306 Å². The largest absolute Gasteiger partial charge is 0.390 e. The molecule has 0 aromatic heterocycles. The monoisotopic (exact) mass is 1340 g/mol. The molecule has 540 valence electrons. The van der Waals surface area contributed by atoms with Crippen LogP contribution >= 0.6 is 0 Å². The lowest BCUT2D eigenvalue weighted by Gasteiger charge is -2.41. The fourth-order valence-electron chi connectivity index (χ4n) is 12.7. The van der Waals surface area contributed by atoms with Crippen LogP contribution in [0, 0.1) is 58.7 Å². The number of hydrogen-bond donors (Lipinski definition) is 5. The molecule has 2 aliphatic heterocycles. The van der Waals surface area contributed by atoms with E-state index in [1.54, 1.807) is 54.5 Å². The molecule has 0 aliphatic carbocycles. The predicted molar refractivity (Wildman–Crippen MR) is 367 cm³/mol. The summed E-state index contributed by atoms with van der Waals surface area (Å²) in [6.07, 6.45) is 5.07.